The fourth-order valence-electron chi connectivity index (χ4n) is 2.85. The van der Waals surface area contributed by atoms with Gasteiger partial charge in [-0.1, -0.05) is 25.5 Å². The number of nitrogens with one attached hydrogen (secondary N) is 1. The highest BCUT2D eigenvalue weighted by molar-refractivity contribution is 6.03. The van der Waals surface area contributed by atoms with Gasteiger partial charge in [0.25, 0.3) is 5.91 Å². The lowest BCUT2D eigenvalue weighted by atomic mass is 10.1. The van der Waals surface area contributed by atoms with Gasteiger partial charge in [-0.05, 0) is 66.6 Å². The minimum Gasteiger partial charge on any atom is -0.497 e. The van der Waals surface area contributed by atoms with Crippen LogP contribution < -0.4 is 14.8 Å². The molecule has 0 aliphatic rings. The predicted octanol–water partition coefficient (Wildman–Crippen LogP) is 4.98. The van der Waals surface area contributed by atoms with Gasteiger partial charge in [0.1, 0.15) is 29.6 Å². The maximum absolute atomic E-state index is 12.8. The van der Waals surface area contributed by atoms with Crippen molar-refractivity contribution in [2.45, 2.75) is 26.4 Å². The average Bonchev–Trinajstić information content (AvgIpc) is 3.37. The van der Waals surface area contributed by atoms with Gasteiger partial charge in [0, 0.05) is 5.56 Å². The standard InChI is InChI=1S/C26H27NO6/c1-3-4-15-31-22-13-9-20(10-14-22)25(28)27-24(17-19-7-11-21(30-2)12-8-19)26(29)33-18-23-6-5-16-32-23/h5-14,16-17H,3-4,15,18H2,1-2H3,(H,27,28)/b24-17+. The van der Waals surface area contributed by atoms with E-state index in [1.54, 1.807) is 73.8 Å². The molecule has 0 aliphatic carbocycles. The number of carbonyl (C=O) groups is 2. The Balaban J connectivity index is 1.73. The lowest BCUT2D eigenvalue weighted by molar-refractivity contribution is -0.141. The number of esters is 1. The van der Waals surface area contributed by atoms with Gasteiger partial charge in [-0.2, -0.15) is 0 Å². The fourth-order valence-corrected chi connectivity index (χ4v) is 2.85. The molecule has 1 aromatic heterocycles. The van der Waals surface area contributed by atoms with Gasteiger partial charge in [0.15, 0.2) is 0 Å². The van der Waals surface area contributed by atoms with E-state index in [0.717, 1.165) is 12.8 Å². The van der Waals surface area contributed by atoms with Crippen molar-refractivity contribution in [2.24, 2.45) is 0 Å². The Hall–Kier alpha value is -4.00. The van der Waals surface area contributed by atoms with Crippen LogP contribution in [0.1, 0.15) is 41.4 Å². The van der Waals surface area contributed by atoms with Crippen LogP contribution in [-0.4, -0.2) is 25.6 Å². The number of hydrogen-bond acceptors (Lipinski definition) is 6. The molecule has 3 aromatic rings. The number of rotatable bonds is 11. The quantitative estimate of drug-likeness (QED) is 0.252. The van der Waals surface area contributed by atoms with Gasteiger partial charge in [-0.15, -0.1) is 0 Å². The van der Waals surface area contributed by atoms with Crippen molar-refractivity contribution >= 4 is 18.0 Å². The SMILES string of the molecule is CCCCOc1ccc(C(=O)N/C(=C/c2ccc(OC)cc2)C(=O)OCc2ccco2)cc1. The lowest BCUT2D eigenvalue weighted by Gasteiger charge is -2.11. The van der Waals surface area contributed by atoms with Crippen LogP contribution in [0.5, 0.6) is 11.5 Å². The molecule has 2 aromatic carbocycles. The summed E-state index contributed by atoms with van der Waals surface area (Å²) in [6.07, 6.45) is 5.04. The highest BCUT2D eigenvalue weighted by Crippen LogP contribution is 2.16. The Bertz CT molecular complexity index is 1050. The van der Waals surface area contributed by atoms with E-state index >= 15 is 0 Å². The van der Waals surface area contributed by atoms with Crippen LogP contribution in [0.25, 0.3) is 6.08 Å². The summed E-state index contributed by atoms with van der Waals surface area (Å²) in [5.41, 5.74) is 1.08. The number of carbonyl (C=O) groups excluding carboxylic acids is 2. The van der Waals surface area contributed by atoms with E-state index in [-0.39, 0.29) is 12.3 Å². The molecule has 0 atom stereocenters. The second-order valence-electron chi connectivity index (χ2n) is 7.17. The van der Waals surface area contributed by atoms with E-state index in [9.17, 15) is 9.59 Å². The molecule has 3 rings (SSSR count). The zero-order valence-corrected chi connectivity index (χ0v) is 18.7. The molecular formula is C26H27NO6. The zero-order valence-electron chi connectivity index (χ0n) is 18.7. The molecule has 0 saturated carbocycles. The zero-order chi connectivity index (χ0) is 23.5. The number of furan rings is 1. The number of benzene rings is 2. The van der Waals surface area contributed by atoms with Gasteiger partial charge < -0.3 is 23.9 Å². The van der Waals surface area contributed by atoms with Crippen LogP contribution in [-0.2, 0) is 16.1 Å². The largest absolute Gasteiger partial charge is 0.497 e. The second-order valence-corrected chi connectivity index (χ2v) is 7.17. The van der Waals surface area contributed by atoms with Crippen molar-refractivity contribution < 1.29 is 28.2 Å². The van der Waals surface area contributed by atoms with Gasteiger partial charge in [0.2, 0.25) is 0 Å². The monoisotopic (exact) mass is 449 g/mol. The molecule has 0 fully saturated rings. The molecule has 172 valence electrons. The minimum atomic E-state index is -0.685. The van der Waals surface area contributed by atoms with Crippen molar-refractivity contribution in [3.63, 3.8) is 0 Å². The van der Waals surface area contributed by atoms with E-state index in [4.69, 9.17) is 18.6 Å². The molecule has 0 saturated heterocycles. The third kappa shape index (κ3) is 7.28. The third-order valence-electron chi connectivity index (χ3n) is 4.70. The van der Waals surface area contributed by atoms with E-state index in [2.05, 4.69) is 12.2 Å². The van der Waals surface area contributed by atoms with Gasteiger partial charge in [-0.3, -0.25) is 4.79 Å². The van der Waals surface area contributed by atoms with Crippen LogP contribution in [0.2, 0.25) is 0 Å². The molecule has 0 aliphatic heterocycles. The molecule has 1 N–H and O–H groups in total. The molecule has 1 amide bonds. The average molecular weight is 450 g/mol. The van der Waals surface area contributed by atoms with Crippen LogP contribution in [0.4, 0.5) is 0 Å². The summed E-state index contributed by atoms with van der Waals surface area (Å²) < 4.78 is 21.3. The lowest BCUT2D eigenvalue weighted by Crippen LogP contribution is -2.28. The molecule has 0 radical (unpaired) electrons. The van der Waals surface area contributed by atoms with Crippen molar-refractivity contribution in [1.82, 2.24) is 5.32 Å². The topological polar surface area (TPSA) is 87.0 Å². The summed E-state index contributed by atoms with van der Waals surface area (Å²) in [6.45, 7) is 2.66. The third-order valence-corrected chi connectivity index (χ3v) is 4.70. The summed E-state index contributed by atoms with van der Waals surface area (Å²) in [7, 11) is 1.57. The van der Waals surface area contributed by atoms with Crippen LogP contribution in [0, 0.1) is 0 Å². The fraction of sp³-hybridized carbons (Fsp3) is 0.231. The predicted molar refractivity (Wildman–Crippen MR) is 124 cm³/mol. The normalized spacial score (nSPS) is 11.0. The molecule has 0 spiro atoms. The Labute approximate surface area is 193 Å². The summed E-state index contributed by atoms with van der Waals surface area (Å²) in [5.74, 6) is 0.739. The first-order valence-corrected chi connectivity index (χ1v) is 10.7. The minimum absolute atomic E-state index is 0.00000437. The molecule has 33 heavy (non-hydrogen) atoms. The maximum atomic E-state index is 12.8. The van der Waals surface area contributed by atoms with Gasteiger partial charge in [0.05, 0.1) is 20.0 Å². The summed E-state index contributed by atoms with van der Waals surface area (Å²) in [4.78, 5) is 25.6. The van der Waals surface area contributed by atoms with Crippen molar-refractivity contribution in [1.29, 1.82) is 0 Å². The summed E-state index contributed by atoms with van der Waals surface area (Å²) in [6, 6.07) is 17.2. The van der Waals surface area contributed by atoms with E-state index in [0.29, 0.717) is 35.0 Å². The molecule has 0 unspecified atom stereocenters. The first-order chi connectivity index (χ1) is 16.1. The van der Waals surface area contributed by atoms with Crippen molar-refractivity contribution in [3.05, 3.63) is 89.5 Å². The smallest absolute Gasteiger partial charge is 0.355 e. The van der Waals surface area contributed by atoms with E-state index in [1.807, 2.05) is 0 Å². The van der Waals surface area contributed by atoms with Crippen molar-refractivity contribution in [2.75, 3.05) is 13.7 Å². The van der Waals surface area contributed by atoms with E-state index < -0.39 is 11.9 Å². The number of ether oxygens (including phenoxy) is 3. The summed E-state index contributed by atoms with van der Waals surface area (Å²) >= 11 is 0. The number of amides is 1. The van der Waals surface area contributed by atoms with Crippen molar-refractivity contribution in [3.8, 4) is 11.5 Å². The number of hydrogen-bond donors (Lipinski definition) is 1. The summed E-state index contributed by atoms with van der Waals surface area (Å²) in [5, 5.41) is 2.66. The Morgan fingerprint density at radius 3 is 2.36 bits per heavy atom. The second kappa shape index (κ2) is 12.1. The van der Waals surface area contributed by atoms with E-state index in [1.165, 1.54) is 6.26 Å². The Morgan fingerprint density at radius 2 is 1.73 bits per heavy atom. The molecular weight excluding hydrogens is 422 g/mol. The maximum Gasteiger partial charge on any atom is 0.355 e. The Morgan fingerprint density at radius 1 is 1.00 bits per heavy atom. The molecule has 7 nitrogen and oxygen atoms in total. The first-order valence-electron chi connectivity index (χ1n) is 10.7. The molecule has 0 bridgehead atoms. The highest BCUT2D eigenvalue weighted by atomic mass is 16.5. The van der Waals surface area contributed by atoms with Crippen LogP contribution in [0.3, 0.4) is 0 Å². The molecule has 1 heterocycles. The Kier molecular flexibility index (Phi) is 8.71. The number of unbranched alkanes of at least 4 members (excludes halogenated alkanes) is 1. The first kappa shape index (κ1) is 23.7. The van der Waals surface area contributed by atoms with Gasteiger partial charge >= 0.3 is 5.97 Å². The van der Waals surface area contributed by atoms with Gasteiger partial charge in [-0.25, -0.2) is 4.79 Å². The number of methoxy groups -OCH3 is 1. The van der Waals surface area contributed by atoms with Crippen LogP contribution >= 0.6 is 0 Å². The highest BCUT2D eigenvalue weighted by Gasteiger charge is 2.17. The molecule has 7 heteroatoms. The van der Waals surface area contributed by atoms with Crippen LogP contribution in [0.15, 0.2) is 77.0 Å².